The Morgan fingerprint density at radius 1 is 1.38 bits per heavy atom. The molecule has 0 aromatic carbocycles. The Hall–Kier alpha value is -0.0200. The quantitative estimate of drug-likeness (QED) is 0.810. The van der Waals surface area contributed by atoms with Crippen molar-refractivity contribution in [1.29, 1.82) is 0 Å². The third kappa shape index (κ3) is 3.49. The van der Waals surface area contributed by atoms with Gasteiger partial charge in [-0.25, -0.2) is 0 Å². The standard InChI is InChI=1S/C13H24O2S/c1-5-9-7-6-8-10(11(9)14)16-12(15)13(2,3)4/h9-11,14H,5-8H2,1-4H3/t9-,10+,11+/m0/s1. The number of thioether (sulfide) groups is 1. The van der Waals surface area contributed by atoms with Crippen LogP contribution in [0.5, 0.6) is 0 Å². The summed E-state index contributed by atoms with van der Waals surface area (Å²) in [6.07, 6.45) is 3.95. The lowest BCUT2D eigenvalue weighted by molar-refractivity contribution is -0.117. The molecule has 2 nitrogen and oxygen atoms in total. The number of carbonyl (C=O) groups is 1. The Labute approximate surface area is 103 Å². The first-order valence-electron chi connectivity index (χ1n) is 6.25. The molecule has 0 aromatic heterocycles. The number of carbonyl (C=O) groups excluding carboxylic acids is 1. The van der Waals surface area contributed by atoms with Crippen LogP contribution in [0.1, 0.15) is 53.4 Å². The summed E-state index contributed by atoms with van der Waals surface area (Å²) < 4.78 is 0. The van der Waals surface area contributed by atoms with E-state index < -0.39 is 0 Å². The minimum atomic E-state index is -0.302. The van der Waals surface area contributed by atoms with E-state index >= 15 is 0 Å². The molecule has 94 valence electrons. The van der Waals surface area contributed by atoms with Gasteiger partial charge in [-0.1, -0.05) is 52.3 Å². The van der Waals surface area contributed by atoms with Crippen LogP contribution < -0.4 is 0 Å². The number of rotatable bonds is 2. The van der Waals surface area contributed by atoms with Gasteiger partial charge >= 0.3 is 0 Å². The Balaban J connectivity index is 2.57. The minimum absolute atomic E-state index is 0.116. The number of hydrogen-bond donors (Lipinski definition) is 1. The fourth-order valence-corrected chi connectivity index (χ4v) is 3.39. The Morgan fingerprint density at radius 3 is 2.50 bits per heavy atom. The second-order valence-corrected chi connectivity index (χ2v) is 7.00. The van der Waals surface area contributed by atoms with Gasteiger partial charge in [0.2, 0.25) is 0 Å². The van der Waals surface area contributed by atoms with Gasteiger partial charge in [0, 0.05) is 10.7 Å². The molecular formula is C13H24O2S. The molecule has 0 aliphatic heterocycles. The molecule has 3 atom stereocenters. The molecule has 1 saturated carbocycles. The van der Waals surface area contributed by atoms with E-state index in [4.69, 9.17) is 0 Å². The molecular weight excluding hydrogens is 220 g/mol. The molecule has 0 radical (unpaired) electrons. The van der Waals surface area contributed by atoms with Crippen molar-refractivity contribution >= 4 is 16.9 Å². The maximum absolute atomic E-state index is 11.9. The van der Waals surface area contributed by atoms with Crippen molar-refractivity contribution < 1.29 is 9.90 Å². The van der Waals surface area contributed by atoms with E-state index in [9.17, 15) is 9.90 Å². The first kappa shape index (κ1) is 14.0. The highest BCUT2D eigenvalue weighted by molar-refractivity contribution is 8.14. The van der Waals surface area contributed by atoms with Crippen molar-refractivity contribution in [2.45, 2.75) is 64.7 Å². The van der Waals surface area contributed by atoms with Crippen molar-refractivity contribution in [1.82, 2.24) is 0 Å². The molecule has 0 heterocycles. The van der Waals surface area contributed by atoms with Gasteiger partial charge in [0.05, 0.1) is 6.10 Å². The zero-order valence-electron chi connectivity index (χ0n) is 10.8. The van der Waals surface area contributed by atoms with Crippen molar-refractivity contribution in [3.8, 4) is 0 Å². The van der Waals surface area contributed by atoms with E-state index in [2.05, 4.69) is 6.92 Å². The van der Waals surface area contributed by atoms with Gasteiger partial charge in [-0.05, 0) is 18.8 Å². The van der Waals surface area contributed by atoms with Crippen LogP contribution in [0, 0.1) is 11.3 Å². The Morgan fingerprint density at radius 2 is 2.00 bits per heavy atom. The van der Waals surface area contributed by atoms with Crippen LogP contribution in [0.15, 0.2) is 0 Å². The smallest absolute Gasteiger partial charge is 0.194 e. The topological polar surface area (TPSA) is 37.3 Å². The van der Waals surface area contributed by atoms with Gasteiger partial charge in [0.15, 0.2) is 5.12 Å². The van der Waals surface area contributed by atoms with Crippen LogP contribution in [-0.4, -0.2) is 21.6 Å². The second-order valence-electron chi connectivity index (χ2n) is 5.78. The molecule has 1 N–H and O–H groups in total. The van der Waals surface area contributed by atoms with E-state index in [-0.39, 0.29) is 21.9 Å². The monoisotopic (exact) mass is 244 g/mol. The Kier molecular flexibility index (Phi) is 4.87. The summed E-state index contributed by atoms with van der Waals surface area (Å²) in [4.78, 5) is 11.9. The molecule has 1 aliphatic carbocycles. The fraction of sp³-hybridized carbons (Fsp3) is 0.923. The summed E-state index contributed by atoms with van der Waals surface area (Å²) in [5.74, 6) is 0.388. The molecule has 0 bridgehead atoms. The molecule has 1 fully saturated rings. The molecule has 0 spiro atoms. The molecule has 16 heavy (non-hydrogen) atoms. The molecule has 0 aromatic rings. The molecule has 1 aliphatic rings. The molecule has 3 heteroatoms. The third-order valence-electron chi connectivity index (χ3n) is 3.32. The van der Waals surface area contributed by atoms with Crippen molar-refractivity contribution in [2.75, 3.05) is 0 Å². The lowest BCUT2D eigenvalue weighted by atomic mass is 9.84. The van der Waals surface area contributed by atoms with E-state index in [1.54, 1.807) is 0 Å². The predicted octanol–water partition coefficient (Wildman–Crippen LogP) is 3.23. The summed E-state index contributed by atoms with van der Waals surface area (Å²) in [6, 6.07) is 0. The number of aliphatic hydroxyl groups excluding tert-OH is 1. The highest BCUT2D eigenvalue weighted by Crippen LogP contribution is 2.37. The third-order valence-corrected chi connectivity index (χ3v) is 4.97. The van der Waals surface area contributed by atoms with E-state index in [0.29, 0.717) is 5.92 Å². The first-order chi connectivity index (χ1) is 7.36. The fourth-order valence-electron chi connectivity index (χ4n) is 2.11. The maximum atomic E-state index is 11.9. The van der Waals surface area contributed by atoms with Gasteiger partial charge in [0.25, 0.3) is 0 Å². The van der Waals surface area contributed by atoms with Crippen molar-refractivity contribution in [3.05, 3.63) is 0 Å². The lowest BCUT2D eigenvalue weighted by Gasteiger charge is -2.34. The van der Waals surface area contributed by atoms with Crippen LogP contribution in [-0.2, 0) is 4.79 Å². The molecule has 0 saturated heterocycles. The molecule has 0 unspecified atom stereocenters. The van der Waals surface area contributed by atoms with Gasteiger partial charge in [0.1, 0.15) is 0 Å². The average molecular weight is 244 g/mol. The van der Waals surface area contributed by atoms with E-state index in [0.717, 1.165) is 25.7 Å². The average Bonchev–Trinajstić information content (AvgIpc) is 2.19. The summed E-state index contributed by atoms with van der Waals surface area (Å²) in [5.41, 5.74) is -0.302. The summed E-state index contributed by atoms with van der Waals surface area (Å²) in [6.45, 7) is 7.94. The maximum Gasteiger partial charge on any atom is 0.194 e. The van der Waals surface area contributed by atoms with Crippen LogP contribution >= 0.6 is 11.8 Å². The van der Waals surface area contributed by atoms with Crippen LogP contribution in [0.2, 0.25) is 0 Å². The summed E-state index contributed by atoms with van der Waals surface area (Å²) >= 11 is 1.37. The zero-order chi connectivity index (χ0) is 12.3. The lowest BCUT2D eigenvalue weighted by Crippen LogP contribution is -2.37. The van der Waals surface area contributed by atoms with Crippen LogP contribution in [0.25, 0.3) is 0 Å². The largest absolute Gasteiger partial charge is 0.392 e. The number of hydrogen-bond acceptors (Lipinski definition) is 3. The normalized spacial score (nSPS) is 31.4. The van der Waals surface area contributed by atoms with Gasteiger partial charge < -0.3 is 5.11 Å². The SMILES string of the molecule is CC[C@H]1CCC[C@@H](SC(=O)C(C)(C)C)[C@@H]1O. The van der Waals surface area contributed by atoms with Gasteiger partial charge in [-0.15, -0.1) is 0 Å². The van der Waals surface area contributed by atoms with Crippen molar-refractivity contribution in [2.24, 2.45) is 11.3 Å². The zero-order valence-corrected chi connectivity index (χ0v) is 11.6. The highest BCUT2D eigenvalue weighted by Gasteiger charge is 2.34. The second kappa shape index (κ2) is 5.54. The number of aliphatic hydroxyl groups is 1. The summed E-state index contributed by atoms with van der Waals surface area (Å²) in [5, 5.41) is 10.5. The molecule has 0 amide bonds. The molecule has 1 rings (SSSR count). The summed E-state index contributed by atoms with van der Waals surface area (Å²) in [7, 11) is 0. The van der Waals surface area contributed by atoms with E-state index in [1.807, 2.05) is 20.8 Å². The van der Waals surface area contributed by atoms with E-state index in [1.165, 1.54) is 11.8 Å². The van der Waals surface area contributed by atoms with Crippen LogP contribution in [0.4, 0.5) is 0 Å². The van der Waals surface area contributed by atoms with Crippen LogP contribution in [0.3, 0.4) is 0 Å². The van der Waals surface area contributed by atoms with Gasteiger partial charge in [-0.2, -0.15) is 0 Å². The highest BCUT2D eigenvalue weighted by atomic mass is 32.2. The van der Waals surface area contributed by atoms with Crippen molar-refractivity contribution in [3.63, 3.8) is 0 Å². The minimum Gasteiger partial charge on any atom is -0.392 e. The Bertz CT molecular complexity index is 245. The predicted molar refractivity (Wildman–Crippen MR) is 69.5 cm³/mol. The first-order valence-corrected chi connectivity index (χ1v) is 7.13. The van der Waals surface area contributed by atoms with Gasteiger partial charge in [-0.3, -0.25) is 4.79 Å².